The Hall–Kier alpha value is -2.56. The molecule has 2 aromatic heterocycles. The van der Waals surface area contributed by atoms with Crippen molar-refractivity contribution in [3.05, 3.63) is 54.2 Å². The van der Waals surface area contributed by atoms with Crippen LogP contribution in [0.2, 0.25) is 0 Å². The smallest absolute Gasteiger partial charge is 0.333 e. The summed E-state index contributed by atoms with van der Waals surface area (Å²) in [6.45, 7) is 0.559. The molecule has 1 aliphatic rings. The molecule has 0 radical (unpaired) electrons. The topological polar surface area (TPSA) is 112 Å². The van der Waals surface area contributed by atoms with E-state index in [0.717, 1.165) is 18.4 Å². The molecule has 3 aromatic rings. The van der Waals surface area contributed by atoms with Crippen LogP contribution in [0.5, 0.6) is 0 Å². The standard InChI is InChI=1S/C19H22FN5O3S/c20-16-10-25(15-7-6-14(8-15)11-28-29(21,26)27)19-17(16)18(23-12-24-19)22-9-13-4-2-1-3-5-13/h1-5,10,12,14-15H,6-9,11H2,(H2,21,26,27)(H,22,23,24)/t14-,15-/m0/s1. The van der Waals surface area contributed by atoms with Crippen molar-refractivity contribution in [2.45, 2.75) is 31.8 Å². The Balaban J connectivity index is 1.53. The summed E-state index contributed by atoms with van der Waals surface area (Å²) in [4.78, 5) is 8.52. The lowest BCUT2D eigenvalue weighted by atomic mass is 10.1. The molecule has 3 N–H and O–H groups in total. The molecule has 2 heterocycles. The molecule has 0 amide bonds. The van der Waals surface area contributed by atoms with Gasteiger partial charge in [0.2, 0.25) is 0 Å². The normalized spacial score (nSPS) is 19.7. The van der Waals surface area contributed by atoms with E-state index in [9.17, 15) is 12.8 Å². The molecule has 1 aliphatic carbocycles. The van der Waals surface area contributed by atoms with Crippen LogP contribution in [-0.2, 0) is 21.0 Å². The first-order chi connectivity index (χ1) is 13.9. The molecule has 8 nitrogen and oxygen atoms in total. The average Bonchev–Trinajstić information content (AvgIpc) is 3.30. The van der Waals surface area contributed by atoms with Crippen LogP contribution >= 0.6 is 0 Å². The average molecular weight is 419 g/mol. The first kappa shape index (κ1) is 19.7. The number of hydrogen-bond acceptors (Lipinski definition) is 6. The van der Waals surface area contributed by atoms with Crippen molar-refractivity contribution in [3.8, 4) is 0 Å². The largest absolute Gasteiger partial charge is 0.365 e. The van der Waals surface area contributed by atoms with Gasteiger partial charge in [-0.05, 0) is 30.7 Å². The highest BCUT2D eigenvalue weighted by molar-refractivity contribution is 7.84. The fraction of sp³-hybridized carbons (Fsp3) is 0.368. The zero-order valence-corrected chi connectivity index (χ0v) is 16.5. The van der Waals surface area contributed by atoms with Crippen molar-refractivity contribution in [1.29, 1.82) is 0 Å². The van der Waals surface area contributed by atoms with Gasteiger partial charge in [0.05, 0.1) is 12.0 Å². The molecular formula is C19H22FN5O3S. The van der Waals surface area contributed by atoms with Crippen LogP contribution < -0.4 is 10.5 Å². The van der Waals surface area contributed by atoms with Gasteiger partial charge in [0, 0.05) is 18.8 Å². The predicted molar refractivity (Wildman–Crippen MR) is 107 cm³/mol. The molecule has 0 spiro atoms. The van der Waals surface area contributed by atoms with Gasteiger partial charge in [0.15, 0.2) is 5.82 Å². The van der Waals surface area contributed by atoms with Gasteiger partial charge in [0.25, 0.3) is 0 Å². The summed E-state index contributed by atoms with van der Waals surface area (Å²) >= 11 is 0. The van der Waals surface area contributed by atoms with Gasteiger partial charge in [-0.1, -0.05) is 30.3 Å². The van der Waals surface area contributed by atoms with Gasteiger partial charge < -0.3 is 9.88 Å². The second-order valence-electron chi connectivity index (χ2n) is 7.25. The first-order valence-electron chi connectivity index (χ1n) is 9.36. The lowest BCUT2D eigenvalue weighted by Crippen LogP contribution is -2.19. The molecule has 10 heteroatoms. The minimum atomic E-state index is -3.95. The van der Waals surface area contributed by atoms with Crippen LogP contribution in [0.25, 0.3) is 11.0 Å². The third-order valence-electron chi connectivity index (χ3n) is 5.24. The number of fused-ring (bicyclic) bond motifs is 1. The van der Waals surface area contributed by atoms with Gasteiger partial charge >= 0.3 is 10.3 Å². The Kier molecular flexibility index (Phi) is 5.48. The summed E-state index contributed by atoms with van der Waals surface area (Å²) in [5.41, 5.74) is 1.58. The maximum Gasteiger partial charge on any atom is 0.333 e. The van der Waals surface area contributed by atoms with E-state index in [1.165, 1.54) is 12.5 Å². The van der Waals surface area contributed by atoms with Crippen molar-refractivity contribution in [1.82, 2.24) is 14.5 Å². The lowest BCUT2D eigenvalue weighted by Gasteiger charge is -2.14. The van der Waals surface area contributed by atoms with E-state index in [-0.39, 0.29) is 24.4 Å². The van der Waals surface area contributed by atoms with E-state index in [1.807, 2.05) is 34.9 Å². The summed E-state index contributed by atoms with van der Waals surface area (Å²) in [6, 6.07) is 9.80. The maximum absolute atomic E-state index is 14.8. The number of benzene rings is 1. The summed E-state index contributed by atoms with van der Waals surface area (Å²) in [5, 5.41) is 8.44. The van der Waals surface area contributed by atoms with Crippen molar-refractivity contribution < 1.29 is 17.0 Å². The van der Waals surface area contributed by atoms with Gasteiger partial charge in [-0.15, -0.1) is 0 Å². The monoisotopic (exact) mass is 419 g/mol. The first-order valence-corrected chi connectivity index (χ1v) is 10.8. The summed E-state index contributed by atoms with van der Waals surface area (Å²) < 4.78 is 43.3. The second-order valence-corrected chi connectivity index (χ2v) is 8.48. The minimum Gasteiger partial charge on any atom is -0.365 e. The van der Waals surface area contributed by atoms with E-state index in [2.05, 4.69) is 15.3 Å². The van der Waals surface area contributed by atoms with Gasteiger partial charge in [-0.25, -0.2) is 19.5 Å². The molecule has 4 rings (SSSR count). The van der Waals surface area contributed by atoms with E-state index in [1.54, 1.807) is 0 Å². The minimum absolute atomic E-state index is 0.00736. The predicted octanol–water partition coefficient (Wildman–Crippen LogP) is 2.74. The van der Waals surface area contributed by atoms with Gasteiger partial charge in [0.1, 0.15) is 17.8 Å². The molecule has 1 fully saturated rings. The summed E-state index contributed by atoms with van der Waals surface area (Å²) in [6.07, 6.45) is 5.07. The van der Waals surface area contributed by atoms with Crippen molar-refractivity contribution in [2.75, 3.05) is 11.9 Å². The van der Waals surface area contributed by atoms with Gasteiger partial charge in [-0.2, -0.15) is 8.42 Å². The molecule has 0 unspecified atom stereocenters. The molecule has 1 aromatic carbocycles. The Bertz CT molecular complexity index is 1100. The molecule has 0 bridgehead atoms. The van der Waals surface area contributed by atoms with Crippen molar-refractivity contribution in [2.24, 2.45) is 11.1 Å². The van der Waals surface area contributed by atoms with Crippen LogP contribution in [0, 0.1) is 11.7 Å². The number of nitrogens with one attached hydrogen (secondary N) is 1. The molecule has 154 valence electrons. The quantitative estimate of drug-likeness (QED) is 0.609. The summed E-state index contributed by atoms with van der Waals surface area (Å²) in [5.74, 6) is 0.0963. The lowest BCUT2D eigenvalue weighted by molar-refractivity contribution is 0.253. The Morgan fingerprint density at radius 1 is 1.24 bits per heavy atom. The SMILES string of the molecule is NS(=O)(=O)OC[C@H]1CC[C@H](n2cc(F)c3c(NCc4ccccc4)ncnc32)C1. The molecule has 0 saturated heterocycles. The van der Waals surface area contributed by atoms with E-state index in [4.69, 9.17) is 9.32 Å². The molecule has 1 saturated carbocycles. The fourth-order valence-corrected chi connectivity index (χ4v) is 4.26. The highest BCUT2D eigenvalue weighted by Gasteiger charge is 2.29. The number of aromatic nitrogens is 3. The number of anilines is 1. The van der Waals surface area contributed by atoms with Crippen LogP contribution in [0.4, 0.5) is 10.2 Å². The molecule has 29 heavy (non-hydrogen) atoms. The highest BCUT2D eigenvalue weighted by Crippen LogP contribution is 2.38. The molecule has 0 aliphatic heterocycles. The van der Waals surface area contributed by atoms with E-state index >= 15 is 0 Å². The number of nitrogens with zero attached hydrogens (tertiary/aromatic N) is 3. The maximum atomic E-state index is 14.8. The molecule has 2 atom stereocenters. The zero-order valence-electron chi connectivity index (χ0n) is 15.7. The third-order valence-corrected chi connectivity index (χ3v) is 5.71. The Morgan fingerprint density at radius 2 is 2.03 bits per heavy atom. The van der Waals surface area contributed by atoms with E-state index in [0.29, 0.717) is 29.8 Å². The fourth-order valence-electron chi connectivity index (χ4n) is 3.88. The zero-order chi connectivity index (χ0) is 20.4. The van der Waals surface area contributed by atoms with Crippen LogP contribution in [0.1, 0.15) is 30.9 Å². The Morgan fingerprint density at radius 3 is 2.79 bits per heavy atom. The Labute approximate surface area is 168 Å². The summed E-state index contributed by atoms with van der Waals surface area (Å²) in [7, 11) is -3.95. The molecular weight excluding hydrogens is 397 g/mol. The number of rotatable bonds is 7. The van der Waals surface area contributed by atoms with Gasteiger partial charge in [-0.3, -0.25) is 4.18 Å². The van der Waals surface area contributed by atoms with Crippen molar-refractivity contribution >= 4 is 27.2 Å². The number of hydrogen-bond donors (Lipinski definition) is 2. The third kappa shape index (κ3) is 4.55. The van der Waals surface area contributed by atoms with Crippen LogP contribution in [-0.4, -0.2) is 29.6 Å². The number of nitrogens with two attached hydrogens (primary N) is 1. The highest BCUT2D eigenvalue weighted by atomic mass is 32.2. The van der Waals surface area contributed by atoms with Crippen LogP contribution in [0.3, 0.4) is 0 Å². The van der Waals surface area contributed by atoms with E-state index < -0.39 is 10.3 Å². The van der Waals surface area contributed by atoms with Crippen LogP contribution in [0.15, 0.2) is 42.9 Å². The van der Waals surface area contributed by atoms with Crippen molar-refractivity contribution in [3.63, 3.8) is 0 Å². The second kappa shape index (κ2) is 8.05. The number of halogens is 1.